The number of aliphatic hydroxyl groups excluding tert-OH is 1. The van der Waals surface area contributed by atoms with Crippen LogP contribution in [-0.4, -0.2) is 53.6 Å². The number of amides is 1. The summed E-state index contributed by atoms with van der Waals surface area (Å²) in [5.41, 5.74) is -0.746. The zero-order valence-electron chi connectivity index (χ0n) is 11.0. The molecule has 0 aromatic heterocycles. The van der Waals surface area contributed by atoms with Crippen LogP contribution in [-0.2, 0) is 14.3 Å². The molecule has 0 aromatic carbocycles. The van der Waals surface area contributed by atoms with E-state index < -0.39 is 11.3 Å². The Bertz CT molecular complexity index is 343. The maximum atomic E-state index is 12.0. The van der Waals surface area contributed by atoms with Crippen molar-refractivity contribution in [3.8, 4) is 0 Å². The second-order valence-electron chi connectivity index (χ2n) is 5.56. The van der Waals surface area contributed by atoms with E-state index in [1.807, 2.05) is 13.8 Å². The maximum absolute atomic E-state index is 12.0. The minimum atomic E-state index is -0.746. The number of ether oxygens (including phenoxy) is 2. The first-order chi connectivity index (χ1) is 8.42. The third-order valence-electron chi connectivity index (χ3n) is 3.73. The van der Waals surface area contributed by atoms with E-state index in [0.29, 0.717) is 26.2 Å². The van der Waals surface area contributed by atoms with Gasteiger partial charge in [0.25, 0.3) is 0 Å². The zero-order chi connectivity index (χ0) is 13.4. The van der Waals surface area contributed by atoms with E-state index in [1.165, 1.54) is 0 Å². The van der Waals surface area contributed by atoms with Gasteiger partial charge in [-0.25, -0.2) is 0 Å². The molecule has 0 aliphatic carbocycles. The molecule has 0 spiro atoms. The summed E-state index contributed by atoms with van der Waals surface area (Å²) in [5.74, 6) is -0.476. The minimum Gasteiger partial charge on any atom is -0.394 e. The average Bonchev–Trinajstić information content (AvgIpc) is 2.72. The van der Waals surface area contributed by atoms with E-state index in [2.05, 4.69) is 6.58 Å². The fourth-order valence-corrected chi connectivity index (χ4v) is 2.38. The molecule has 102 valence electrons. The van der Waals surface area contributed by atoms with Gasteiger partial charge >= 0.3 is 0 Å². The monoisotopic (exact) mass is 255 g/mol. The molecule has 1 atom stereocenters. The molecule has 0 radical (unpaired) electrons. The lowest BCUT2D eigenvalue weighted by Crippen LogP contribution is -2.63. The van der Waals surface area contributed by atoms with E-state index in [-0.39, 0.29) is 18.4 Å². The van der Waals surface area contributed by atoms with E-state index in [0.717, 1.165) is 0 Å². The lowest BCUT2D eigenvalue weighted by atomic mass is 9.99. The lowest BCUT2D eigenvalue weighted by Gasteiger charge is -2.47. The summed E-state index contributed by atoms with van der Waals surface area (Å²) < 4.78 is 11.2. The van der Waals surface area contributed by atoms with Crippen LogP contribution < -0.4 is 0 Å². The predicted molar refractivity (Wildman–Crippen MR) is 65.8 cm³/mol. The quantitative estimate of drug-likeness (QED) is 0.748. The number of likely N-dealkylation sites (tertiary alicyclic amines) is 1. The van der Waals surface area contributed by atoms with Crippen molar-refractivity contribution < 1.29 is 19.4 Å². The van der Waals surface area contributed by atoms with Crippen molar-refractivity contribution in [2.45, 2.75) is 31.6 Å². The number of hydrogen-bond acceptors (Lipinski definition) is 4. The molecule has 0 saturated carbocycles. The van der Waals surface area contributed by atoms with Crippen molar-refractivity contribution in [3.63, 3.8) is 0 Å². The molecular weight excluding hydrogens is 234 g/mol. The van der Waals surface area contributed by atoms with Gasteiger partial charge in [-0.05, 0) is 13.8 Å². The molecule has 2 saturated heterocycles. The van der Waals surface area contributed by atoms with Crippen LogP contribution in [0.2, 0.25) is 0 Å². The molecule has 0 bridgehead atoms. The molecule has 2 fully saturated rings. The van der Waals surface area contributed by atoms with Gasteiger partial charge in [0.1, 0.15) is 5.54 Å². The van der Waals surface area contributed by atoms with Gasteiger partial charge in [0.05, 0.1) is 19.8 Å². The molecular formula is C13H21NO4. The van der Waals surface area contributed by atoms with Gasteiger partial charge in [0.15, 0.2) is 5.79 Å². The number of aliphatic hydroxyl groups is 1. The first kappa shape index (κ1) is 13.5. The highest BCUT2D eigenvalue weighted by Crippen LogP contribution is 2.32. The third-order valence-corrected chi connectivity index (χ3v) is 3.73. The molecule has 2 heterocycles. The van der Waals surface area contributed by atoms with Crippen LogP contribution in [0.3, 0.4) is 0 Å². The zero-order valence-corrected chi connectivity index (χ0v) is 11.0. The maximum Gasteiger partial charge on any atom is 0.223 e. The Hall–Kier alpha value is -0.910. The smallest absolute Gasteiger partial charge is 0.223 e. The van der Waals surface area contributed by atoms with Gasteiger partial charge in [-0.1, -0.05) is 6.08 Å². The van der Waals surface area contributed by atoms with Crippen molar-refractivity contribution in [2.75, 3.05) is 26.4 Å². The highest BCUT2D eigenvalue weighted by molar-refractivity contribution is 5.80. The van der Waals surface area contributed by atoms with Crippen LogP contribution in [0.15, 0.2) is 12.7 Å². The second-order valence-corrected chi connectivity index (χ2v) is 5.56. The molecule has 0 aromatic rings. The molecule has 1 unspecified atom stereocenters. The van der Waals surface area contributed by atoms with Gasteiger partial charge in [-0.2, -0.15) is 0 Å². The Labute approximate surface area is 107 Å². The largest absolute Gasteiger partial charge is 0.394 e. The van der Waals surface area contributed by atoms with Gasteiger partial charge in [-0.15, -0.1) is 6.58 Å². The first-order valence-electron chi connectivity index (χ1n) is 6.24. The molecule has 2 aliphatic rings. The fraction of sp³-hybridized carbons (Fsp3) is 0.769. The Balaban J connectivity index is 2.14. The average molecular weight is 255 g/mol. The van der Waals surface area contributed by atoms with Crippen LogP contribution in [0, 0.1) is 5.92 Å². The van der Waals surface area contributed by atoms with Crippen molar-refractivity contribution in [1.29, 1.82) is 0 Å². The summed E-state index contributed by atoms with van der Waals surface area (Å²) in [7, 11) is 0. The van der Waals surface area contributed by atoms with Crippen molar-refractivity contribution >= 4 is 5.91 Å². The minimum absolute atomic E-state index is 0.0286. The summed E-state index contributed by atoms with van der Waals surface area (Å²) in [4.78, 5) is 13.7. The molecule has 2 rings (SSSR count). The molecule has 1 N–H and O–H groups in total. The number of nitrogens with zero attached hydrogens (tertiary/aromatic N) is 1. The number of carbonyl (C=O) groups is 1. The Kier molecular flexibility index (Phi) is 3.49. The van der Waals surface area contributed by atoms with E-state index in [9.17, 15) is 9.90 Å². The molecule has 5 heteroatoms. The normalized spacial score (nSPS) is 30.5. The van der Waals surface area contributed by atoms with Crippen molar-refractivity contribution in [1.82, 2.24) is 4.90 Å². The highest BCUT2D eigenvalue weighted by atomic mass is 16.7. The summed E-state index contributed by atoms with van der Waals surface area (Å²) in [6.45, 7) is 8.40. The highest BCUT2D eigenvalue weighted by Gasteiger charge is 2.48. The fourth-order valence-electron chi connectivity index (χ4n) is 2.38. The van der Waals surface area contributed by atoms with Crippen LogP contribution in [0.4, 0.5) is 0 Å². The van der Waals surface area contributed by atoms with Crippen molar-refractivity contribution in [3.05, 3.63) is 12.7 Å². The van der Waals surface area contributed by atoms with E-state index >= 15 is 0 Å². The molecule has 2 aliphatic heterocycles. The predicted octanol–water partition coefficient (Wildman–Crippen LogP) is 0.535. The number of rotatable bonds is 3. The van der Waals surface area contributed by atoms with Gasteiger partial charge in [0.2, 0.25) is 5.91 Å². The van der Waals surface area contributed by atoms with Crippen LogP contribution in [0.5, 0.6) is 0 Å². The lowest BCUT2D eigenvalue weighted by molar-refractivity contribution is -0.288. The van der Waals surface area contributed by atoms with Crippen LogP contribution >= 0.6 is 0 Å². The summed E-state index contributed by atoms with van der Waals surface area (Å²) in [6.07, 6.45) is 2.24. The number of hydrogen-bond donors (Lipinski definition) is 1. The Morgan fingerprint density at radius 1 is 1.50 bits per heavy atom. The standard InChI is InChI=1S/C13H21NO4/c1-4-10-5-11(16)14(6-10)13(7-15)8-17-12(2,3)18-9-13/h4,10,15H,1,5-9H2,2-3H3. The van der Waals surface area contributed by atoms with Gasteiger partial charge < -0.3 is 19.5 Å². The Morgan fingerprint density at radius 3 is 2.56 bits per heavy atom. The third kappa shape index (κ3) is 2.30. The summed E-state index contributed by atoms with van der Waals surface area (Å²) in [6, 6.07) is 0. The van der Waals surface area contributed by atoms with Gasteiger partial charge in [-0.3, -0.25) is 4.79 Å². The SMILES string of the molecule is C=CC1CC(=O)N(C2(CO)COC(C)(C)OC2)C1. The molecule has 5 nitrogen and oxygen atoms in total. The van der Waals surface area contributed by atoms with Crippen LogP contribution in [0.25, 0.3) is 0 Å². The summed E-state index contributed by atoms with van der Waals surface area (Å²) in [5, 5.41) is 9.67. The van der Waals surface area contributed by atoms with Gasteiger partial charge in [0, 0.05) is 18.9 Å². The van der Waals surface area contributed by atoms with Crippen LogP contribution in [0.1, 0.15) is 20.3 Å². The van der Waals surface area contributed by atoms with E-state index in [4.69, 9.17) is 9.47 Å². The molecule has 1 amide bonds. The summed E-state index contributed by atoms with van der Waals surface area (Å²) >= 11 is 0. The van der Waals surface area contributed by atoms with E-state index in [1.54, 1.807) is 11.0 Å². The molecule has 18 heavy (non-hydrogen) atoms. The topological polar surface area (TPSA) is 59.0 Å². The number of carbonyl (C=O) groups excluding carboxylic acids is 1. The van der Waals surface area contributed by atoms with Crippen molar-refractivity contribution in [2.24, 2.45) is 5.92 Å². The first-order valence-corrected chi connectivity index (χ1v) is 6.24. The Morgan fingerprint density at radius 2 is 2.11 bits per heavy atom. The second kappa shape index (κ2) is 4.64.